The third-order valence-corrected chi connectivity index (χ3v) is 7.75. The topological polar surface area (TPSA) is 71.4 Å². The van der Waals surface area contributed by atoms with Crippen LogP contribution >= 0.6 is 12.2 Å². The molecule has 2 atom stereocenters. The summed E-state index contributed by atoms with van der Waals surface area (Å²) in [4.78, 5) is 19.5. The van der Waals surface area contributed by atoms with Crippen LogP contribution in [-0.4, -0.2) is 39.1 Å². The summed E-state index contributed by atoms with van der Waals surface area (Å²) >= 11 is 5.74. The van der Waals surface area contributed by atoms with Crippen LogP contribution in [0.4, 0.5) is 18.9 Å². The first-order valence-corrected chi connectivity index (χ1v) is 13.8. The Hall–Kier alpha value is -4.38. The number of para-hydroxylation sites is 3. The van der Waals surface area contributed by atoms with E-state index in [4.69, 9.17) is 17.0 Å². The number of hydrogen-bond acceptors (Lipinski definition) is 4. The number of aryl methyl sites for hydroxylation is 1. The summed E-state index contributed by atoms with van der Waals surface area (Å²) in [5.74, 6) is 0.316. The average Bonchev–Trinajstić information content (AvgIpc) is 3.46. The lowest BCUT2D eigenvalue weighted by Crippen LogP contribution is -2.33. The molecule has 11 heteroatoms. The van der Waals surface area contributed by atoms with E-state index in [9.17, 15) is 18.0 Å². The van der Waals surface area contributed by atoms with Crippen LogP contribution < -0.4 is 15.4 Å². The zero-order valence-electron chi connectivity index (χ0n) is 23.3. The molecule has 1 fully saturated rings. The third-order valence-electron chi connectivity index (χ3n) is 7.40. The summed E-state index contributed by atoms with van der Waals surface area (Å²) < 4.78 is 48.9. The van der Waals surface area contributed by atoms with Gasteiger partial charge in [-0.15, -0.1) is 0 Å². The number of pyridine rings is 1. The highest BCUT2D eigenvalue weighted by atomic mass is 32.1. The first kappa shape index (κ1) is 29.1. The summed E-state index contributed by atoms with van der Waals surface area (Å²) in [7, 11) is 1.53. The Morgan fingerprint density at radius 2 is 1.79 bits per heavy atom. The van der Waals surface area contributed by atoms with Crippen LogP contribution in [0.1, 0.15) is 46.7 Å². The second kappa shape index (κ2) is 11.8. The Balaban J connectivity index is 1.51. The van der Waals surface area contributed by atoms with E-state index in [1.54, 1.807) is 48.9 Å². The number of benzene rings is 2. The molecule has 0 bridgehead atoms. The van der Waals surface area contributed by atoms with Crippen molar-refractivity contribution in [1.82, 2.24) is 19.8 Å². The minimum atomic E-state index is -4.52. The molecule has 42 heavy (non-hydrogen) atoms. The van der Waals surface area contributed by atoms with E-state index < -0.39 is 17.8 Å². The van der Waals surface area contributed by atoms with Gasteiger partial charge in [0.05, 0.1) is 41.8 Å². The van der Waals surface area contributed by atoms with Crippen molar-refractivity contribution in [2.75, 3.05) is 19.0 Å². The summed E-state index contributed by atoms with van der Waals surface area (Å²) in [6.07, 6.45) is -2.72. The van der Waals surface area contributed by atoms with Crippen molar-refractivity contribution in [3.63, 3.8) is 0 Å². The van der Waals surface area contributed by atoms with E-state index in [-0.39, 0.29) is 30.6 Å². The molecule has 1 aliphatic heterocycles. The van der Waals surface area contributed by atoms with E-state index in [1.165, 1.54) is 19.2 Å². The molecule has 2 unspecified atom stereocenters. The Morgan fingerprint density at radius 3 is 2.50 bits per heavy atom. The monoisotopic (exact) mass is 593 g/mol. The van der Waals surface area contributed by atoms with Gasteiger partial charge in [0.25, 0.3) is 0 Å². The number of thiocarbonyl (C=S) groups is 1. The number of carbonyl (C=O) groups is 1. The highest BCUT2D eigenvalue weighted by molar-refractivity contribution is 7.80. The molecule has 0 aliphatic carbocycles. The Morgan fingerprint density at radius 1 is 1.07 bits per heavy atom. The standard InChI is InChI=1S/C31H30F3N5O2S/c1-19-18-21(20(2)39(19)25-13-6-4-10-22(25)31(32,33)34)29-28(24-12-8-9-16-35-24)37-30(42)38(29)17-15-27(40)36-23-11-5-7-14-26(23)41-3/h4-14,16,18,28-29H,15,17H2,1-3H3,(H,36,40)(H,37,42). The Kier molecular flexibility index (Phi) is 8.22. The van der Waals surface area contributed by atoms with Gasteiger partial charge in [-0.05, 0) is 74.1 Å². The Labute approximate surface area is 247 Å². The number of rotatable bonds is 8. The van der Waals surface area contributed by atoms with Gasteiger partial charge in [-0.1, -0.05) is 30.3 Å². The molecule has 2 aromatic heterocycles. The first-order chi connectivity index (χ1) is 20.1. The van der Waals surface area contributed by atoms with Gasteiger partial charge < -0.3 is 24.8 Å². The minimum Gasteiger partial charge on any atom is -0.495 e. The van der Waals surface area contributed by atoms with Gasteiger partial charge in [-0.3, -0.25) is 9.78 Å². The number of halogens is 3. The molecule has 5 rings (SSSR count). The largest absolute Gasteiger partial charge is 0.495 e. The molecule has 1 amide bonds. The lowest BCUT2D eigenvalue weighted by molar-refractivity contribution is -0.137. The van der Waals surface area contributed by atoms with E-state index >= 15 is 0 Å². The van der Waals surface area contributed by atoms with Crippen LogP contribution in [0.5, 0.6) is 5.75 Å². The van der Waals surface area contributed by atoms with Crippen LogP contribution in [0.15, 0.2) is 79.0 Å². The van der Waals surface area contributed by atoms with Crippen LogP contribution in [0.2, 0.25) is 0 Å². The molecule has 0 radical (unpaired) electrons. The second-order valence-electron chi connectivity index (χ2n) is 10.00. The fraction of sp³-hybridized carbons (Fsp3) is 0.258. The molecular formula is C31H30F3N5O2S. The van der Waals surface area contributed by atoms with Crippen molar-refractivity contribution >= 4 is 28.9 Å². The Bertz CT molecular complexity index is 1610. The molecule has 7 nitrogen and oxygen atoms in total. The number of nitrogens with one attached hydrogen (secondary N) is 2. The molecular weight excluding hydrogens is 563 g/mol. The van der Waals surface area contributed by atoms with E-state index in [0.717, 1.165) is 17.3 Å². The summed E-state index contributed by atoms with van der Waals surface area (Å²) in [6, 6.07) is 19.3. The maximum absolute atomic E-state index is 14.0. The maximum Gasteiger partial charge on any atom is 0.418 e. The zero-order valence-corrected chi connectivity index (χ0v) is 24.1. The van der Waals surface area contributed by atoms with Crippen molar-refractivity contribution in [2.24, 2.45) is 0 Å². The minimum absolute atomic E-state index is 0.0527. The maximum atomic E-state index is 14.0. The van der Waals surface area contributed by atoms with E-state index in [2.05, 4.69) is 15.6 Å². The summed E-state index contributed by atoms with van der Waals surface area (Å²) in [5, 5.41) is 6.66. The van der Waals surface area contributed by atoms with Crippen LogP contribution in [0, 0.1) is 13.8 Å². The summed E-state index contributed by atoms with van der Waals surface area (Å²) in [5.41, 5.74) is 2.70. The SMILES string of the molecule is COc1ccccc1NC(=O)CCN1C(=S)NC(c2ccccn2)C1c1cc(C)n(-c2ccccc2C(F)(F)F)c1C. The fourth-order valence-corrected chi connectivity index (χ4v) is 5.87. The van der Waals surface area contributed by atoms with Crippen LogP contribution in [0.25, 0.3) is 5.69 Å². The zero-order chi connectivity index (χ0) is 30.0. The van der Waals surface area contributed by atoms with Gasteiger partial charge in [0.15, 0.2) is 5.11 Å². The molecule has 0 saturated carbocycles. The quantitative estimate of drug-likeness (QED) is 0.227. The number of carbonyl (C=O) groups excluding carboxylic acids is 1. The van der Waals surface area contributed by atoms with Crippen LogP contribution in [-0.2, 0) is 11.0 Å². The van der Waals surface area contributed by atoms with Crippen molar-refractivity contribution in [2.45, 2.75) is 38.5 Å². The molecule has 2 N–H and O–H groups in total. The molecule has 1 aliphatic rings. The molecule has 2 aromatic carbocycles. The van der Waals surface area contributed by atoms with E-state index in [0.29, 0.717) is 27.9 Å². The lowest BCUT2D eigenvalue weighted by Gasteiger charge is -2.28. The van der Waals surface area contributed by atoms with Crippen molar-refractivity contribution in [3.8, 4) is 11.4 Å². The number of alkyl halides is 3. The van der Waals surface area contributed by atoms with Gasteiger partial charge in [0, 0.05) is 30.6 Å². The first-order valence-electron chi connectivity index (χ1n) is 13.4. The normalized spacial score (nSPS) is 16.8. The van der Waals surface area contributed by atoms with Gasteiger partial charge in [0.1, 0.15) is 5.75 Å². The van der Waals surface area contributed by atoms with Crippen LogP contribution in [0.3, 0.4) is 0 Å². The smallest absolute Gasteiger partial charge is 0.418 e. The van der Waals surface area contributed by atoms with Gasteiger partial charge >= 0.3 is 6.18 Å². The highest BCUT2D eigenvalue weighted by Crippen LogP contribution is 2.43. The predicted molar refractivity (Wildman–Crippen MR) is 159 cm³/mol. The van der Waals surface area contributed by atoms with Crippen molar-refractivity contribution < 1.29 is 22.7 Å². The molecule has 1 saturated heterocycles. The predicted octanol–water partition coefficient (Wildman–Crippen LogP) is 6.52. The van der Waals surface area contributed by atoms with Crippen molar-refractivity contribution in [3.05, 3.63) is 107 Å². The van der Waals surface area contributed by atoms with Crippen molar-refractivity contribution in [1.29, 1.82) is 0 Å². The number of methoxy groups -OCH3 is 1. The molecule has 0 spiro atoms. The highest BCUT2D eigenvalue weighted by Gasteiger charge is 2.42. The summed E-state index contributed by atoms with van der Waals surface area (Å²) in [6.45, 7) is 3.85. The number of amides is 1. The molecule has 4 aromatic rings. The third kappa shape index (κ3) is 5.69. The van der Waals surface area contributed by atoms with E-state index in [1.807, 2.05) is 35.2 Å². The number of nitrogens with zero attached hydrogens (tertiary/aromatic N) is 3. The lowest BCUT2D eigenvalue weighted by atomic mass is 9.96. The van der Waals surface area contributed by atoms with Gasteiger partial charge in [0.2, 0.25) is 5.91 Å². The number of ether oxygens (including phenoxy) is 1. The van der Waals surface area contributed by atoms with Gasteiger partial charge in [-0.25, -0.2) is 0 Å². The molecule has 218 valence electrons. The van der Waals surface area contributed by atoms with Gasteiger partial charge in [-0.2, -0.15) is 13.2 Å². The fourth-order valence-electron chi connectivity index (χ4n) is 5.53. The second-order valence-corrected chi connectivity index (χ2v) is 10.4. The number of aromatic nitrogens is 2. The molecule has 3 heterocycles. The number of hydrogen-bond donors (Lipinski definition) is 2. The number of anilines is 1. The average molecular weight is 594 g/mol.